The first-order valence-corrected chi connectivity index (χ1v) is 11.2. The van der Waals surface area contributed by atoms with E-state index >= 15 is 0 Å². The van der Waals surface area contributed by atoms with E-state index in [2.05, 4.69) is 30.7 Å². The molecule has 2 unspecified atom stereocenters. The summed E-state index contributed by atoms with van der Waals surface area (Å²) in [6.07, 6.45) is 3.38. The number of halogens is 1. The highest BCUT2D eigenvalue weighted by atomic mass is 19.1. The van der Waals surface area contributed by atoms with Crippen LogP contribution >= 0.6 is 0 Å². The first-order valence-electron chi connectivity index (χ1n) is 11.2. The Morgan fingerprint density at radius 2 is 2.15 bits per heavy atom. The molecule has 0 aliphatic carbocycles. The number of rotatable bonds is 4. The number of piperazine rings is 2. The number of amides is 1. The van der Waals surface area contributed by atoms with Gasteiger partial charge in [0.15, 0.2) is 0 Å². The Bertz CT molecular complexity index is 1220. The molecule has 3 aromatic rings. The van der Waals surface area contributed by atoms with E-state index in [9.17, 15) is 14.4 Å². The number of pyridine rings is 1. The summed E-state index contributed by atoms with van der Waals surface area (Å²) in [4.78, 5) is 21.6. The predicted octanol–water partition coefficient (Wildman–Crippen LogP) is 0.776. The summed E-state index contributed by atoms with van der Waals surface area (Å²) in [6, 6.07) is 8.99. The van der Waals surface area contributed by atoms with Crippen molar-refractivity contribution in [2.45, 2.75) is 25.4 Å². The molecule has 174 valence electrons. The first kappa shape index (κ1) is 22.1. The van der Waals surface area contributed by atoms with E-state index in [0.717, 1.165) is 24.3 Å². The fourth-order valence-corrected chi connectivity index (χ4v) is 4.75. The molecular formula is C23H24FN9O. The third-order valence-electron chi connectivity index (χ3n) is 6.67. The maximum atomic E-state index is 13.9. The number of carbonyl (C=O) groups is 1. The van der Waals surface area contributed by atoms with Crippen LogP contribution in [-0.4, -0.2) is 79.7 Å². The molecule has 2 fully saturated rings. The Morgan fingerprint density at radius 1 is 1.26 bits per heavy atom. The molecule has 34 heavy (non-hydrogen) atoms. The van der Waals surface area contributed by atoms with Crippen LogP contribution < -0.4 is 5.32 Å². The van der Waals surface area contributed by atoms with Gasteiger partial charge in [0, 0.05) is 50.5 Å². The Hall–Kier alpha value is -3.75. The zero-order chi connectivity index (χ0) is 23.7. The second-order valence-corrected chi connectivity index (χ2v) is 8.64. The van der Waals surface area contributed by atoms with E-state index in [4.69, 9.17) is 0 Å². The molecule has 1 aromatic carbocycles. The molecule has 0 spiro atoms. The highest BCUT2D eigenvalue weighted by Crippen LogP contribution is 2.27. The molecule has 2 aliphatic rings. The lowest BCUT2D eigenvalue weighted by Crippen LogP contribution is -2.62. The van der Waals surface area contributed by atoms with E-state index in [-0.39, 0.29) is 30.0 Å². The number of nitrogens with zero attached hydrogens (tertiary/aromatic N) is 8. The first-order chi connectivity index (χ1) is 16.5. The Balaban J connectivity index is 1.19. The summed E-state index contributed by atoms with van der Waals surface area (Å²) in [6.45, 7) is 5.33. The molecule has 11 heteroatoms. The van der Waals surface area contributed by atoms with Crippen molar-refractivity contribution in [3.05, 3.63) is 65.0 Å². The van der Waals surface area contributed by atoms with Crippen LogP contribution in [-0.2, 0) is 11.2 Å². The van der Waals surface area contributed by atoms with Gasteiger partial charge in [-0.05, 0) is 46.7 Å². The minimum absolute atomic E-state index is 0.0223. The number of nitriles is 1. The van der Waals surface area contributed by atoms with Crippen LogP contribution in [0.25, 0.3) is 5.69 Å². The molecule has 1 amide bonds. The molecule has 5 rings (SSSR count). The molecule has 0 radical (unpaired) electrons. The van der Waals surface area contributed by atoms with E-state index in [1.807, 2.05) is 23.1 Å². The van der Waals surface area contributed by atoms with Crippen molar-refractivity contribution in [1.82, 2.24) is 40.3 Å². The van der Waals surface area contributed by atoms with Crippen molar-refractivity contribution in [3.8, 4) is 11.8 Å². The summed E-state index contributed by atoms with van der Waals surface area (Å²) in [7, 11) is 0. The summed E-state index contributed by atoms with van der Waals surface area (Å²) >= 11 is 0. The van der Waals surface area contributed by atoms with Crippen LogP contribution in [0.5, 0.6) is 0 Å². The number of tetrazole rings is 1. The van der Waals surface area contributed by atoms with Gasteiger partial charge >= 0.3 is 0 Å². The van der Waals surface area contributed by atoms with Crippen molar-refractivity contribution >= 4 is 5.91 Å². The highest BCUT2D eigenvalue weighted by molar-refractivity contribution is 5.78. The van der Waals surface area contributed by atoms with Crippen molar-refractivity contribution < 1.29 is 9.18 Å². The second-order valence-electron chi connectivity index (χ2n) is 8.64. The quantitative estimate of drug-likeness (QED) is 0.606. The third-order valence-corrected chi connectivity index (χ3v) is 6.67. The number of aromatic nitrogens is 5. The number of carbonyl (C=O) groups excluding carboxylic acids is 1. The van der Waals surface area contributed by atoms with Crippen LogP contribution in [0, 0.1) is 24.1 Å². The van der Waals surface area contributed by atoms with Crippen molar-refractivity contribution in [3.63, 3.8) is 0 Å². The monoisotopic (exact) mass is 461 g/mol. The van der Waals surface area contributed by atoms with E-state index in [1.54, 1.807) is 19.2 Å². The maximum absolute atomic E-state index is 13.9. The summed E-state index contributed by atoms with van der Waals surface area (Å²) in [5.74, 6) is -0.429. The number of nitrogens with one attached hydrogen (secondary N) is 1. The van der Waals surface area contributed by atoms with E-state index in [0.29, 0.717) is 30.9 Å². The van der Waals surface area contributed by atoms with Gasteiger partial charge in [-0.2, -0.15) is 9.94 Å². The van der Waals surface area contributed by atoms with Gasteiger partial charge in [-0.3, -0.25) is 14.7 Å². The lowest BCUT2D eigenvalue weighted by atomic mass is 9.93. The molecule has 2 saturated heterocycles. The minimum atomic E-state index is -0.482. The van der Waals surface area contributed by atoms with Crippen molar-refractivity contribution in [1.29, 1.82) is 5.26 Å². The number of hydrogen-bond donors (Lipinski definition) is 1. The second kappa shape index (κ2) is 9.24. The summed E-state index contributed by atoms with van der Waals surface area (Å²) in [5, 5.41) is 23.9. The van der Waals surface area contributed by atoms with Crippen LogP contribution in [0.4, 0.5) is 4.39 Å². The van der Waals surface area contributed by atoms with Gasteiger partial charge in [0.25, 0.3) is 0 Å². The molecule has 10 nitrogen and oxygen atoms in total. The SMILES string of the molecule is Cc1c(C2CN3CCN(C(=O)Cc4ccc(-n5cnnn5)cn4)CC3CN2)ccc(F)c1C#N. The third kappa shape index (κ3) is 4.25. The fraction of sp³-hybridized carbons (Fsp3) is 0.391. The molecule has 0 bridgehead atoms. The summed E-state index contributed by atoms with van der Waals surface area (Å²) < 4.78 is 15.4. The van der Waals surface area contributed by atoms with Gasteiger partial charge in [-0.25, -0.2) is 4.39 Å². The zero-order valence-corrected chi connectivity index (χ0v) is 18.7. The van der Waals surface area contributed by atoms with Crippen molar-refractivity contribution in [2.75, 3.05) is 32.7 Å². The van der Waals surface area contributed by atoms with Gasteiger partial charge in [-0.15, -0.1) is 5.10 Å². The molecule has 2 aliphatic heterocycles. The number of fused-ring (bicyclic) bond motifs is 1. The standard InChI is InChI=1S/C23H24FN9O/c1-15-19(4-5-21(24)20(15)9-25)22-13-31-6-7-32(12-18(31)11-27-22)23(34)8-16-2-3-17(10-26-16)33-14-28-29-30-33/h2-5,10,14,18,22,27H,6-8,11-13H2,1H3. The van der Waals surface area contributed by atoms with Crippen molar-refractivity contribution in [2.24, 2.45) is 0 Å². The summed E-state index contributed by atoms with van der Waals surface area (Å²) in [5.41, 5.74) is 3.18. The normalized spacial score (nSPS) is 20.6. The largest absolute Gasteiger partial charge is 0.339 e. The van der Waals surface area contributed by atoms with Gasteiger partial charge in [0.1, 0.15) is 18.2 Å². The molecule has 2 aromatic heterocycles. The number of benzene rings is 1. The Labute approximate surface area is 196 Å². The molecular weight excluding hydrogens is 437 g/mol. The zero-order valence-electron chi connectivity index (χ0n) is 18.7. The van der Waals surface area contributed by atoms with E-state index < -0.39 is 5.82 Å². The molecule has 0 saturated carbocycles. The fourth-order valence-electron chi connectivity index (χ4n) is 4.75. The molecule has 2 atom stereocenters. The van der Waals surface area contributed by atoms with Crippen LogP contribution in [0.2, 0.25) is 0 Å². The van der Waals surface area contributed by atoms with Crippen LogP contribution in [0.15, 0.2) is 36.8 Å². The molecule has 4 heterocycles. The minimum Gasteiger partial charge on any atom is -0.339 e. The predicted molar refractivity (Wildman–Crippen MR) is 119 cm³/mol. The lowest BCUT2D eigenvalue weighted by Gasteiger charge is -2.47. The maximum Gasteiger partial charge on any atom is 0.228 e. The Morgan fingerprint density at radius 3 is 2.88 bits per heavy atom. The van der Waals surface area contributed by atoms with Crippen LogP contribution in [0.3, 0.4) is 0 Å². The van der Waals surface area contributed by atoms with Gasteiger partial charge in [0.2, 0.25) is 5.91 Å². The number of hydrogen-bond acceptors (Lipinski definition) is 8. The Kier molecular flexibility index (Phi) is 6.00. The van der Waals surface area contributed by atoms with Crippen LogP contribution in [0.1, 0.15) is 28.4 Å². The van der Waals surface area contributed by atoms with Gasteiger partial charge < -0.3 is 10.2 Å². The van der Waals surface area contributed by atoms with Gasteiger partial charge in [-0.1, -0.05) is 6.07 Å². The van der Waals surface area contributed by atoms with E-state index in [1.165, 1.54) is 17.1 Å². The topological polar surface area (TPSA) is 116 Å². The average molecular weight is 462 g/mol. The van der Waals surface area contributed by atoms with Gasteiger partial charge in [0.05, 0.1) is 23.9 Å². The lowest BCUT2D eigenvalue weighted by molar-refractivity contribution is -0.134. The smallest absolute Gasteiger partial charge is 0.228 e. The average Bonchev–Trinajstić information content (AvgIpc) is 3.39. The highest BCUT2D eigenvalue weighted by Gasteiger charge is 2.35. The molecule has 1 N–H and O–H groups in total.